The summed E-state index contributed by atoms with van der Waals surface area (Å²) in [5, 5.41) is 3.00. The lowest BCUT2D eigenvalue weighted by Gasteiger charge is -2.17. The Bertz CT molecular complexity index is 591. The molecule has 2 aliphatic rings. The predicted molar refractivity (Wildman–Crippen MR) is 87.0 cm³/mol. The van der Waals surface area contributed by atoms with Crippen molar-refractivity contribution in [3.05, 3.63) is 29.3 Å². The van der Waals surface area contributed by atoms with Crippen LogP contribution in [0.5, 0.6) is 0 Å². The normalized spacial score (nSPS) is 16.8. The van der Waals surface area contributed by atoms with Crippen LogP contribution in [0.25, 0.3) is 0 Å². The molecule has 22 heavy (non-hydrogen) atoms. The molecule has 1 aliphatic carbocycles. The van der Waals surface area contributed by atoms with Crippen molar-refractivity contribution >= 4 is 17.5 Å². The van der Waals surface area contributed by atoms with Crippen LogP contribution in [0.2, 0.25) is 0 Å². The molecule has 0 atom stereocenters. The maximum Gasteiger partial charge on any atom is 0.251 e. The summed E-state index contributed by atoms with van der Waals surface area (Å²) in [5.41, 5.74) is 2.69. The standard InChI is InChI=1S/C18H24N2O2/c1-12(2)8-10-19-17(21)15-4-3-5-16-14(15)9-11-20(16)18(22)13-6-7-13/h3-5,12-13H,6-11H2,1-2H3,(H,19,21). The average Bonchev–Trinajstić information content (AvgIpc) is 3.24. The van der Waals surface area contributed by atoms with Crippen molar-refractivity contribution in [1.29, 1.82) is 0 Å². The Morgan fingerprint density at radius 3 is 2.77 bits per heavy atom. The van der Waals surface area contributed by atoms with Crippen molar-refractivity contribution in [3.8, 4) is 0 Å². The fourth-order valence-corrected chi connectivity index (χ4v) is 3.00. The van der Waals surface area contributed by atoms with E-state index in [1.807, 2.05) is 23.1 Å². The zero-order valence-corrected chi connectivity index (χ0v) is 13.4. The van der Waals surface area contributed by atoms with Crippen LogP contribution in [-0.4, -0.2) is 24.9 Å². The van der Waals surface area contributed by atoms with E-state index >= 15 is 0 Å². The van der Waals surface area contributed by atoms with E-state index in [0.717, 1.165) is 42.5 Å². The number of hydrogen-bond acceptors (Lipinski definition) is 2. The van der Waals surface area contributed by atoms with Gasteiger partial charge in [-0.25, -0.2) is 0 Å². The molecule has 4 heteroatoms. The molecule has 0 radical (unpaired) electrons. The van der Waals surface area contributed by atoms with Gasteiger partial charge in [-0.05, 0) is 49.3 Å². The molecule has 1 aliphatic heterocycles. The lowest BCUT2D eigenvalue weighted by molar-refractivity contribution is -0.119. The molecule has 1 heterocycles. The van der Waals surface area contributed by atoms with E-state index in [0.29, 0.717) is 19.0 Å². The zero-order valence-electron chi connectivity index (χ0n) is 13.4. The van der Waals surface area contributed by atoms with Gasteiger partial charge in [0.15, 0.2) is 0 Å². The van der Waals surface area contributed by atoms with Gasteiger partial charge in [-0.3, -0.25) is 9.59 Å². The predicted octanol–water partition coefficient (Wildman–Crippen LogP) is 2.76. The summed E-state index contributed by atoms with van der Waals surface area (Å²) in [6.45, 7) is 5.70. The summed E-state index contributed by atoms with van der Waals surface area (Å²) in [7, 11) is 0. The third kappa shape index (κ3) is 3.01. The van der Waals surface area contributed by atoms with Gasteiger partial charge >= 0.3 is 0 Å². The molecule has 3 rings (SSSR count). The first-order valence-corrected chi connectivity index (χ1v) is 8.29. The van der Waals surface area contributed by atoms with E-state index in [4.69, 9.17) is 0 Å². The Kier molecular flexibility index (Phi) is 4.19. The minimum atomic E-state index is -0.0155. The lowest BCUT2D eigenvalue weighted by atomic mass is 10.0. The lowest BCUT2D eigenvalue weighted by Crippen LogP contribution is -2.30. The van der Waals surface area contributed by atoms with E-state index in [2.05, 4.69) is 19.2 Å². The zero-order chi connectivity index (χ0) is 15.7. The number of carbonyl (C=O) groups is 2. The Morgan fingerprint density at radius 2 is 2.09 bits per heavy atom. The summed E-state index contributed by atoms with van der Waals surface area (Å²) in [6.07, 6.45) is 3.79. The van der Waals surface area contributed by atoms with Crippen LogP contribution in [0.3, 0.4) is 0 Å². The molecular formula is C18H24N2O2. The number of amides is 2. The number of fused-ring (bicyclic) bond motifs is 1. The number of nitrogens with zero attached hydrogens (tertiary/aromatic N) is 1. The number of anilines is 1. The van der Waals surface area contributed by atoms with E-state index < -0.39 is 0 Å². The number of hydrogen-bond donors (Lipinski definition) is 1. The summed E-state index contributed by atoms with van der Waals surface area (Å²) in [4.78, 5) is 26.6. The molecule has 1 aromatic carbocycles. The van der Waals surface area contributed by atoms with Gasteiger partial charge in [-0.15, -0.1) is 0 Å². The highest BCUT2D eigenvalue weighted by Crippen LogP contribution is 2.37. The van der Waals surface area contributed by atoms with Crippen LogP contribution in [0.1, 0.15) is 49.0 Å². The minimum Gasteiger partial charge on any atom is -0.352 e. The van der Waals surface area contributed by atoms with Gasteiger partial charge in [0.25, 0.3) is 5.91 Å². The molecule has 2 amide bonds. The van der Waals surface area contributed by atoms with Gasteiger partial charge in [0, 0.05) is 30.3 Å². The highest BCUT2D eigenvalue weighted by molar-refractivity contribution is 6.02. The van der Waals surface area contributed by atoms with E-state index in [1.54, 1.807) is 0 Å². The SMILES string of the molecule is CC(C)CCNC(=O)c1cccc2c1CCN2C(=O)C1CC1. The van der Waals surface area contributed by atoms with Crippen molar-refractivity contribution in [2.45, 2.75) is 39.5 Å². The summed E-state index contributed by atoms with van der Waals surface area (Å²) >= 11 is 0. The van der Waals surface area contributed by atoms with Crippen LogP contribution in [0, 0.1) is 11.8 Å². The Morgan fingerprint density at radius 1 is 1.32 bits per heavy atom. The monoisotopic (exact) mass is 300 g/mol. The molecule has 0 spiro atoms. The van der Waals surface area contributed by atoms with Crippen molar-refractivity contribution in [3.63, 3.8) is 0 Å². The number of rotatable bonds is 5. The second-order valence-corrected chi connectivity index (χ2v) is 6.76. The van der Waals surface area contributed by atoms with E-state index in [-0.39, 0.29) is 17.7 Å². The molecular weight excluding hydrogens is 276 g/mol. The van der Waals surface area contributed by atoms with Gasteiger partial charge in [0.05, 0.1) is 0 Å². The molecule has 118 valence electrons. The average molecular weight is 300 g/mol. The molecule has 0 saturated heterocycles. The number of carbonyl (C=O) groups excluding carboxylic acids is 2. The van der Waals surface area contributed by atoms with Crippen molar-refractivity contribution in [1.82, 2.24) is 5.32 Å². The Hall–Kier alpha value is -1.84. The third-order valence-corrected chi connectivity index (χ3v) is 4.47. The summed E-state index contributed by atoms with van der Waals surface area (Å²) < 4.78 is 0. The van der Waals surface area contributed by atoms with Gasteiger partial charge in [0.1, 0.15) is 0 Å². The van der Waals surface area contributed by atoms with Crippen LogP contribution in [0.4, 0.5) is 5.69 Å². The summed E-state index contributed by atoms with van der Waals surface area (Å²) in [6, 6.07) is 5.72. The second kappa shape index (κ2) is 6.11. The third-order valence-electron chi connectivity index (χ3n) is 4.47. The van der Waals surface area contributed by atoms with Crippen LogP contribution in [0.15, 0.2) is 18.2 Å². The van der Waals surface area contributed by atoms with E-state index in [9.17, 15) is 9.59 Å². The minimum absolute atomic E-state index is 0.0155. The van der Waals surface area contributed by atoms with Crippen molar-refractivity contribution in [2.24, 2.45) is 11.8 Å². The fourth-order valence-electron chi connectivity index (χ4n) is 3.00. The second-order valence-electron chi connectivity index (χ2n) is 6.76. The topological polar surface area (TPSA) is 49.4 Å². The molecule has 1 saturated carbocycles. The Labute approximate surface area is 131 Å². The largest absolute Gasteiger partial charge is 0.352 e. The number of nitrogens with one attached hydrogen (secondary N) is 1. The molecule has 4 nitrogen and oxygen atoms in total. The van der Waals surface area contributed by atoms with Crippen LogP contribution in [-0.2, 0) is 11.2 Å². The van der Waals surface area contributed by atoms with Gasteiger partial charge < -0.3 is 10.2 Å². The first kappa shape index (κ1) is 15.1. The molecule has 0 aromatic heterocycles. The highest BCUT2D eigenvalue weighted by Gasteiger charge is 2.37. The van der Waals surface area contributed by atoms with Gasteiger partial charge in [-0.2, -0.15) is 0 Å². The van der Waals surface area contributed by atoms with Crippen LogP contribution < -0.4 is 10.2 Å². The molecule has 1 fully saturated rings. The number of benzene rings is 1. The smallest absolute Gasteiger partial charge is 0.251 e. The molecule has 0 unspecified atom stereocenters. The van der Waals surface area contributed by atoms with E-state index in [1.165, 1.54) is 0 Å². The van der Waals surface area contributed by atoms with Gasteiger partial charge in [-0.1, -0.05) is 19.9 Å². The van der Waals surface area contributed by atoms with Crippen LogP contribution >= 0.6 is 0 Å². The highest BCUT2D eigenvalue weighted by atomic mass is 16.2. The fraction of sp³-hybridized carbons (Fsp3) is 0.556. The molecule has 1 aromatic rings. The van der Waals surface area contributed by atoms with Gasteiger partial charge in [0.2, 0.25) is 5.91 Å². The Balaban J connectivity index is 1.74. The van der Waals surface area contributed by atoms with Crippen molar-refractivity contribution < 1.29 is 9.59 Å². The molecule has 1 N–H and O–H groups in total. The first-order valence-electron chi connectivity index (χ1n) is 8.29. The maximum absolute atomic E-state index is 12.4. The van der Waals surface area contributed by atoms with Crippen molar-refractivity contribution in [2.75, 3.05) is 18.0 Å². The molecule has 0 bridgehead atoms. The first-order chi connectivity index (χ1) is 10.6. The maximum atomic E-state index is 12.4. The summed E-state index contributed by atoms with van der Waals surface area (Å²) in [5.74, 6) is 1.01. The quantitative estimate of drug-likeness (QED) is 0.909.